The van der Waals surface area contributed by atoms with Crippen LogP contribution in [0.25, 0.3) is 10.4 Å². The number of aliphatic hydroxyl groups is 1. The Morgan fingerprint density at radius 2 is 1.89 bits per heavy atom. The van der Waals surface area contributed by atoms with Crippen LogP contribution < -0.4 is 10.6 Å². The number of nitrogens with zero attached hydrogens (tertiary/aromatic N) is 1. The van der Waals surface area contributed by atoms with Crippen molar-refractivity contribution >= 4 is 17.2 Å². The summed E-state index contributed by atoms with van der Waals surface area (Å²) in [6.45, 7) is 1.60. The molecule has 0 radical (unpaired) electrons. The topological polar surface area (TPSA) is 74.2 Å². The van der Waals surface area contributed by atoms with Gasteiger partial charge in [0.25, 0.3) is 0 Å². The van der Waals surface area contributed by atoms with Crippen molar-refractivity contribution in [2.24, 2.45) is 0 Å². The van der Waals surface area contributed by atoms with Crippen LogP contribution in [0.5, 0.6) is 0 Å². The molecule has 0 bridgehead atoms. The van der Waals surface area contributed by atoms with E-state index in [9.17, 15) is 18.7 Å². The molecular weight excluding hydrogens is 468 g/mol. The number of hydrogen-bond acceptors (Lipinski definition) is 5. The average molecular weight is 500 g/mol. The highest BCUT2D eigenvalue weighted by Crippen LogP contribution is 2.39. The lowest BCUT2D eigenvalue weighted by atomic mass is 9.76. The van der Waals surface area contributed by atoms with E-state index in [2.05, 4.69) is 39.9 Å². The molecule has 1 aromatic heterocycles. The second-order valence-corrected chi connectivity index (χ2v) is 10.2. The summed E-state index contributed by atoms with van der Waals surface area (Å²) in [6.07, 6.45) is 6.22. The van der Waals surface area contributed by atoms with Crippen molar-refractivity contribution in [3.63, 3.8) is 0 Å². The fourth-order valence-electron chi connectivity index (χ4n) is 5.02. The maximum atomic E-state index is 13.7. The van der Waals surface area contributed by atoms with E-state index < -0.39 is 23.8 Å². The van der Waals surface area contributed by atoms with Gasteiger partial charge in [-0.05, 0) is 54.2 Å². The Kier molecular flexibility index (Phi) is 8.26. The summed E-state index contributed by atoms with van der Waals surface area (Å²) in [6, 6.07) is 11.0. The van der Waals surface area contributed by atoms with Gasteiger partial charge in [0.1, 0.15) is 11.6 Å². The van der Waals surface area contributed by atoms with Crippen LogP contribution in [0.15, 0.2) is 54.2 Å². The zero-order chi connectivity index (χ0) is 24.8. The molecule has 0 spiro atoms. The van der Waals surface area contributed by atoms with Crippen LogP contribution >= 0.6 is 11.3 Å². The first-order chi connectivity index (χ1) is 16.8. The van der Waals surface area contributed by atoms with Crippen molar-refractivity contribution in [2.75, 3.05) is 6.54 Å². The van der Waals surface area contributed by atoms with Gasteiger partial charge in [0.05, 0.1) is 22.5 Å². The number of carbonyl (C=O) groups excluding carboxylic acids is 1. The number of carbonyl (C=O) groups is 1. The Morgan fingerprint density at radius 1 is 1.14 bits per heavy atom. The Bertz CT molecular complexity index is 1110. The van der Waals surface area contributed by atoms with E-state index >= 15 is 0 Å². The van der Waals surface area contributed by atoms with Crippen LogP contribution in [0.3, 0.4) is 0 Å². The molecule has 1 amide bonds. The summed E-state index contributed by atoms with van der Waals surface area (Å²) in [5.41, 5.74) is 4.18. The molecule has 1 saturated carbocycles. The number of rotatable bonds is 9. The summed E-state index contributed by atoms with van der Waals surface area (Å²) >= 11 is 1.60. The van der Waals surface area contributed by atoms with E-state index in [1.54, 1.807) is 11.3 Å². The van der Waals surface area contributed by atoms with Crippen LogP contribution in [0.4, 0.5) is 8.78 Å². The number of halogens is 2. The van der Waals surface area contributed by atoms with Gasteiger partial charge in [0.15, 0.2) is 0 Å². The molecule has 8 heteroatoms. The van der Waals surface area contributed by atoms with E-state index in [0.29, 0.717) is 5.56 Å². The van der Waals surface area contributed by atoms with E-state index in [1.807, 2.05) is 11.7 Å². The lowest BCUT2D eigenvalue weighted by molar-refractivity contribution is -0.120. The lowest BCUT2D eigenvalue weighted by Crippen LogP contribution is -2.53. The normalized spacial score (nSPS) is 17.0. The van der Waals surface area contributed by atoms with E-state index in [1.165, 1.54) is 31.0 Å². The third-order valence-electron chi connectivity index (χ3n) is 6.72. The van der Waals surface area contributed by atoms with Crippen molar-refractivity contribution in [1.82, 2.24) is 15.6 Å². The molecule has 1 aliphatic rings. The summed E-state index contributed by atoms with van der Waals surface area (Å²) in [4.78, 5) is 17.1. The first-order valence-corrected chi connectivity index (χ1v) is 12.9. The van der Waals surface area contributed by atoms with E-state index in [-0.39, 0.29) is 24.4 Å². The van der Waals surface area contributed by atoms with Gasteiger partial charge in [-0.2, -0.15) is 0 Å². The van der Waals surface area contributed by atoms with Crippen molar-refractivity contribution in [1.29, 1.82) is 0 Å². The maximum absolute atomic E-state index is 13.7. The number of aromatic nitrogens is 1. The molecule has 1 aliphatic carbocycles. The molecule has 3 N–H and O–H groups in total. The number of thiazole rings is 1. The SMILES string of the molecule is CC(=O)NC(Cc1cc(F)cc(F)c1)C(O)CNC1(c2cccc(-c3cncs3)c2)CCCCC1. The highest BCUT2D eigenvalue weighted by Gasteiger charge is 2.35. The van der Waals surface area contributed by atoms with Gasteiger partial charge in [-0.1, -0.05) is 37.5 Å². The van der Waals surface area contributed by atoms with Crippen molar-refractivity contribution in [3.8, 4) is 10.4 Å². The summed E-state index contributed by atoms with van der Waals surface area (Å²) in [5, 5.41) is 17.5. The fraction of sp³-hybridized carbons (Fsp3) is 0.407. The molecule has 2 unspecified atom stereocenters. The Hall–Kier alpha value is -2.68. The second kappa shape index (κ2) is 11.4. The molecule has 1 fully saturated rings. The Balaban J connectivity index is 1.53. The number of benzene rings is 2. The minimum Gasteiger partial charge on any atom is -0.390 e. The predicted molar refractivity (Wildman–Crippen MR) is 134 cm³/mol. The van der Waals surface area contributed by atoms with Gasteiger partial charge in [-0.3, -0.25) is 9.78 Å². The molecule has 1 heterocycles. The molecule has 2 aromatic carbocycles. The summed E-state index contributed by atoms with van der Waals surface area (Å²) < 4.78 is 27.4. The Morgan fingerprint density at radius 3 is 2.54 bits per heavy atom. The molecule has 0 saturated heterocycles. The van der Waals surface area contributed by atoms with Crippen LogP contribution in [-0.4, -0.2) is 34.7 Å². The van der Waals surface area contributed by atoms with Gasteiger partial charge < -0.3 is 15.7 Å². The second-order valence-electron chi connectivity index (χ2n) is 9.33. The Labute approximate surface area is 208 Å². The van der Waals surface area contributed by atoms with Gasteiger partial charge in [0.2, 0.25) is 5.91 Å². The van der Waals surface area contributed by atoms with Crippen LogP contribution in [0.1, 0.15) is 50.2 Å². The molecular formula is C27H31F2N3O2S. The summed E-state index contributed by atoms with van der Waals surface area (Å²) in [7, 11) is 0. The smallest absolute Gasteiger partial charge is 0.217 e. The zero-order valence-corrected chi connectivity index (χ0v) is 20.6. The average Bonchev–Trinajstić information content (AvgIpc) is 3.37. The van der Waals surface area contributed by atoms with Crippen LogP contribution in [0, 0.1) is 11.6 Å². The highest BCUT2D eigenvalue weighted by atomic mass is 32.1. The number of nitrogens with one attached hydrogen (secondary N) is 2. The van der Waals surface area contributed by atoms with E-state index in [4.69, 9.17) is 0 Å². The van der Waals surface area contributed by atoms with Crippen molar-refractivity contribution in [2.45, 2.75) is 63.1 Å². The highest BCUT2D eigenvalue weighted by molar-refractivity contribution is 7.13. The molecule has 3 aromatic rings. The monoisotopic (exact) mass is 499 g/mol. The van der Waals surface area contributed by atoms with Gasteiger partial charge in [-0.15, -0.1) is 11.3 Å². The third kappa shape index (κ3) is 6.51. The van der Waals surface area contributed by atoms with Gasteiger partial charge in [-0.25, -0.2) is 8.78 Å². The largest absolute Gasteiger partial charge is 0.390 e. The first-order valence-electron chi connectivity index (χ1n) is 12.0. The van der Waals surface area contributed by atoms with E-state index in [0.717, 1.165) is 42.2 Å². The lowest BCUT2D eigenvalue weighted by Gasteiger charge is -2.40. The molecule has 5 nitrogen and oxygen atoms in total. The molecule has 186 valence electrons. The van der Waals surface area contributed by atoms with Crippen LogP contribution in [0.2, 0.25) is 0 Å². The van der Waals surface area contributed by atoms with Crippen LogP contribution in [-0.2, 0) is 16.8 Å². The molecule has 0 aliphatic heterocycles. The first kappa shape index (κ1) is 25.4. The van der Waals surface area contributed by atoms with Crippen molar-refractivity contribution in [3.05, 3.63) is 76.9 Å². The van der Waals surface area contributed by atoms with Crippen molar-refractivity contribution < 1.29 is 18.7 Å². The minimum atomic E-state index is -0.950. The van der Waals surface area contributed by atoms with Gasteiger partial charge >= 0.3 is 0 Å². The number of amides is 1. The number of aliphatic hydroxyl groups excluding tert-OH is 1. The summed E-state index contributed by atoms with van der Waals surface area (Å²) in [5.74, 6) is -1.68. The number of hydrogen-bond donors (Lipinski definition) is 3. The zero-order valence-electron chi connectivity index (χ0n) is 19.8. The standard InChI is InChI=1S/C27H31F2N3O2S/c1-18(33)32-24(12-19-10-22(28)14-23(29)11-19)25(34)15-31-27(8-3-2-4-9-27)21-7-5-6-20(13-21)26-16-30-17-35-26/h5-7,10-11,13-14,16-17,24-25,31,34H,2-4,8-9,12,15H2,1H3,(H,32,33). The predicted octanol–water partition coefficient (Wildman–Crippen LogP) is 4.95. The van der Waals surface area contributed by atoms with Gasteiger partial charge in [0, 0.05) is 31.3 Å². The quantitative estimate of drug-likeness (QED) is 0.390. The maximum Gasteiger partial charge on any atom is 0.217 e. The molecule has 2 atom stereocenters. The third-order valence-corrected chi connectivity index (χ3v) is 7.54. The molecule has 4 rings (SSSR count). The minimum absolute atomic E-state index is 0.116. The molecule has 35 heavy (non-hydrogen) atoms. The fourth-order valence-corrected chi connectivity index (χ4v) is 5.64.